The summed E-state index contributed by atoms with van der Waals surface area (Å²) in [6.07, 6.45) is 4.76. The van der Waals surface area contributed by atoms with Gasteiger partial charge in [-0.05, 0) is 56.4 Å². The summed E-state index contributed by atoms with van der Waals surface area (Å²) < 4.78 is 5.60. The quantitative estimate of drug-likeness (QED) is 0.911. The Balaban J connectivity index is 2.22. The first-order valence-corrected chi connectivity index (χ1v) is 7.09. The molecule has 1 N–H and O–H groups in total. The van der Waals surface area contributed by atoms with Crippen LogP contribution in [0.15, 0.2) is 18.2 Å². The number of nitrogens with one attached hydrogen (secondary N) is 1. The highest BCUT2D eigenvalue weighted by atomic mass is 16.5. The van der Waals surface area contributed by atoms with Gasteiger partial charge in [0.05, 0.1) is 12.1 Å². The van der Waals surface area contributed by atoms with Crippen molar-refractivity contribution in [3.63, 3.8) is 0 Å². The fourth-order valence-corrected chi connectivity index (χ4v) is 2.94. The van der Waals surface area contributed by atoms with Crippen molar-refractivity contribution in [1.29, 1.82) is 0 Å². The first-order chi connectivity index (χ1) is 9.33. The fourth-order valence-electron chi connectivity index (χ4n) is 2.94. The molecule has 0 unspecified atom stereocenters. The predicted octanol–water partition coefficient (Wildman–Crippen LogP) is 3.55. The van der Waals surface area contributed by atoms with E-state index in [0.29, 0.717) is 6.61 Å². The molecule has 0 fully saturated rings. The maximum Gasteiger partial charge on any atom is 0.120 e. The zero-order valence-corrected chi connectivity index (χ0v) is 11.6. The molecule has 1 aromatic heterocycles. The molecule has 2 aromatic rings. The molecule has 1 heterocycles. The molecule has 1 aliphatic carbocycles. The van der Waals surface area contributed by atoms with Crippen LogP contribution in [0.2, 0.25) is 0 Å². The van der Waals surface area contributed by atoms with Crippen LogP contribution >= 0.6 is 0 Å². The standard InChI is InChI=1S/C16H20N2O/c1-3-19-11-8-9-15-13(10-11)16(17-2)12-6-4-5-7-14(12)18-15/h8-10H,3-7H2,1-2H3,(H,17,18). The van der Waals surface area contributed by atoms with Crippen molar-refractivity contribution in [3.05, 3.63) is 29.5 Å². The van der Waals surface area contributed by atoms with Crippen molar-refractivity contribution in [3.8, 4) is 5.75 Å². The highest BCUT2D eigenvalue weighted by Crippen LogP contribution is 2.34. The number of hydrogen-bond acceptors (Lipinski definition) is 3. The molecule has 1 aromatic carbocycles. The number of rotatable bonds is 3. The number of benzene rings is 1. The van der Waals surface area contributed by atoms with Crippen molar-refractivity contribution in [2.45, 2.75) is 32.6 Å². The number of anilines is 1. The number of ether oxygens (including phenoxy) is 1. The zero-order valence-electron chi connectivity index (χ0n) is 11.6. The van der Waals surface area contributed by atoms with Gasteiger partial charge in [-0.25, -0.2) is 0 Å². The maximum atomic E-state index is 5.60. The number of aromatic nitrogens is 1. The van der Waals surface area contributed by atoms with E-state index in [-0.39, 0.29) is 0 Å². The molecule has 3 heteroatoms. The smallest absolute Gasteiger partial charge is 0.120 e. The number of hydrogen-bond donors (Lipinski definition) is 1. The zero-order chi connectivity index (χ0) is 13.2. The van der Waals surface area contributed by atoms with Crippen molar-refractivity contribution in [2.24, 2.45) is 0 Å². The minimum atomic E-state index is 0.693. The van der Waals surface area contributed by atoms with Crippen LogP contribution in [-0.2, 0) is 12.8 Å². The van der Waals surface area contributed by atoms with Gasteiger partial charge >= 0.3 is 0 Å². The van der Waals surface area contributed by atoms with Gasteiger partial charge in [0.2, 0.25) is 0 Å². The van der Waals surface area contributed by atoms with Gasteiger partial charge in [0.25, 0.3) is 0 Å². The van der Waals surface area contributed by atoms with E-state index < -0.39 is 0 Å². The van der Waals surface area contributed by atoms with Crippen LogP contribution in [0.5, 0.6) is 5.75 Å². The van der Waals surface area contributed by atoms with Crippen LogP contribution in [0.4, 0.5) is 5.69 Å². The Morgan fingerprint density at radius 3 is 2.89 bits per heavy atom. The number of aryl methyl sites for hydroxylation is 1. The minimum absolute atomic E-state index is 0.693. The summed E-state index contributed by atoms with van der Waals surface area (Å²) in [6, 6.07) is 6.18. The molecule has 0 aliphatic heterocycles. The van der Waals surface area contributed by atoms with Gasteiger partial charge in [0.1, 0.15) is 5.75 Å². The average molecular weight is 256 g/mol. The third kappa shape index (κ3) is 2.14. The Hall–Kier alpha value is -1.77. The van der Waals surface area contributed by atoms with Crippen molar-refractivity contribution in [1.82, 2.24) is 4.98 Å². The largest absolute Gasteiger partial charge is 0.494 e. The van der Waals surface area contributed by atoms with E-state index in [1.165, 1.54) is 35.2 Å². The summed E-state index contributed by atoms with van der Waals surface area (Å²) in [5.74, 6) is 0.920. The predicted molar refractivity (Wildman–Crippen MR) is 79.1 cm³/mol. The summed E-state index contributed by atoms with van der Waals surface area (Å²) in [5.41, 5.74) is 4.97. The molecular formula is C16H20N2O. The summed E-state index contributed by atoms with van der Waals surface area (Å²) in [5, 5.41) is 4.55. The summed E-state index contributed by atoms with van der Waals surface area (Å²) in [7, 11) is 2.00. The van der Waals surface area contributed by atoms with Gasteiger partial charge in [0.15, 0.2) is 0 Å². The SMILES string of the molecule is CCOc1ccc2nc3c(c(NC)c2c1)CCCC3. The maximum absolute atomic E-state index is 5.60. The second kappa shape index (κ2) is 5.08. The highest BCUT2D eigenvalue weighted by Gasteiger charge is 2.17. The highest BCUT2D eigenvalue weighted by molar-refractivity contribution is 5.94. The van der Waals surface area contributed by atoms with Gasteiger partial charge in [-0.2, -0.15) is 0 Å². The molecule has 0 spiro atoms. The Labute approximate surface area is 114 Å². The van der Waals surface area contributed by atoms with Gasteiger partial charge < -0.3 is 10.1 Å². The molecule has 0 saturated heterocycles. The minimum Gasteiger partial charge on any atom is -0.494 e. The monoisotopic (exact) mass is 256 g/mol. The number of pyridine rings is 1. The Morgan fingerprint density at radius 2 is 2.11 bits per heavy atom. The second-order valence-corrected chi connectivity index (χ2v) is 4.98. The normalized spacial score (nSPS) is 14.2. The van der Waals surface area contributed by atoms with E-state index in [1.807, 2.05) is 20.0 Å². The van der Waals surface area contributed by atoms with E-state index in [0.717, 1.165) is 24.1 Å². The lowest BCUT2D eigenvalue weighted by Crippen LogP contribution is -2.09. The number of fused-ring (bicyclic) bond motifs is 2. The van der Waals surface area contributed by atoms with Crippen LogP contribution in [-0.4, -0.2) is 18.6 Å². The van der Waals surface area contributed by atoms with Crippen LogP contribution in [0.1, 0.15) is 31.0 Å². The third-order valence-corrected chi connectivity index (χ3v) is 3.79. The molecule has 0 saturated carbocycles. The van der Waals surface area contributed by atoms with Crippen molar-refractivity contribution < 1.29 is 4.74 Å². The van der Waals surface area contributed by atoms with E-state index in [2.05, 4.69) is 17.4 Å². The van der Waals surface area contributed by atoms with Crippen LogP contribution in [0.25, 0.3) is 10.9 Å². The molecule has 0 radical (unpaired) electrons. The summed E-state index contributed by atoms with van der Waals surface area (Å²) >= 11 is 0. The molecule has 19 heavy (non-hydrogen) atoms. The molecule has 0 atom stereocenters. The average Bonchev–Trinajstić information content (AvgIpc) is 2.45. The summed E-state index contributed by atoms with van der Waals surface area (Å²) in [6.45, 7) is 2.70. The number of nitrogens with zero attached hydrogens (tertiary/aromatic N) is 1. The van der Waals surface area contributed by atoms with Gasteiger partial charge in [-0.1, -0.05) is 0 Å². The lowest BCUT2D eigenvalue weighted by molar-refractivity contribution is 0.340. The molecule has 0 amide bonds. The molecular weight excluding hydrogens is 236 g/mol. The topological polar surface area (TPSA) is 34.1 Å². The molecule has 3 nitrogen and oxygen atoms in total. The lowest BCUT2D eigenvalue weighted by Gasteiger charge is -2.20. The third-order valence-electron chi connectivity index (χ3n) is 3.79. The van der Waals surface area contributed by atoms with Crippen molar-refractivity contribution in [2.75, 3.05) is 19.0 Å². The van der Waals surface area contributed by atoms with Gasteiger partial charge in [-0.3, -0.25) is 4.98 Å². The molecule has 1 aliphatic rings. The van der Waals surface area contributed by atoms with Crippen molar-refractivity contribution >= 4 is 16.6 Å². The second-order valence-electron chi connectivity index (χ2n) is 4.98. The molecule has 100 valence electrons. The van der Waals surface area contributed by atoms with Crippen LogP contribution < -0.4 is 10.1 Å². The lowest BCUT2D eigenvalue weighted by atomic mass is 9.92. The van der Waals surface area contributed by atoms with Crippen LogP contribution in [0, 0.1) is 0 Å². The fraction of sp³-hybridized carbons (Fsp3) is 0.438. The van der Waals surface area contributed by atoms with E-state index in [4.69, 9.17) is 9.72 Å². The Morgan fingerprint density at radius 1 is 1.26 bits per heavy atom. The molecule has 0 bridgehead atoms. The van der Waals surface area contributed by atoms with E-state index in [9.17, 15) is 0 Å². The molecule has 3 rings (SSSR count). The van der Waals surface area contributed by atoms with E-state index in [1.54, 1.807) is 0 Å². The van der Waals surface area contributed by atoms with Crippen LogP contribution in [0.3, 0.4) is 0 Å². The first-order valence-electron chi connectivity index (χ1n) is 7.09. The van der Waals surface area contributed by atoms with Gasteiger partial charge in [-0.15, -0.1) is 0 Å². The van der Waals surface area contributed by atoms with Gasteiger partial charge in [0, 0.05) is 23.8 Å². The summed E-state index contributed by atoms with van der Waals surface area (Å²) in [4.78, 5) is 4.83. The van der Waals surface area contributed by atoms with E-state index >= 15 is 0 Å². The Bertz CT molecular complexity index is 607. The Kier molecular flexibility index (Phi) is 3.28. The first kappa shape index (κ1) is 12.3.